The number of hydrogen-bond donors (Lipinski definition) is 1. The summed E-state index contributed by atoms with van der Waals surface area (Å²) in [5.74, 6) is 1.86. The molecule has 0 radical (unpaired) electrons. The van der Waals surface area contributed by atoms with E-state index in [-0.39, 0.29) is 0 Å². The molecule has 1 aliphatic heterocycles. The largest absolute Gasteiger partial charge is 0.497 e. The molecule has 0 bridgehead atoms. The van der Waals surface area contributed by atoms with Crippen LogP contribution in [0.1, 0.15) is 24.1 Å². The summed E-state index contributed by atoms with van der Waals surface area (Å²) >= 11 is 7.75. The highest BCUT2D eigenvalue weighted by Gasteiger charge is 2.36. The zero-order chi connectivity index (χ0) is 23.5. The Morgan fingerprint density at radius 2 is 1.97 bits per heavy atom. The molecular weight excluding hydrogens is 464 g/mol. The second-order valence-corrected chi connectivity index (χ2v) is 8.56. The molecule has 1 aromatic heterocycles. The molecule has 1 aliphatic rings. The Morgan fingerprint density at radius 1 is 1.18 bits per heavy atom. The van der Waals surface area contributed by atoms with Gasteiger partial charge in [0.15, 0.2) is 0 Å². The maximum atomic E-state index is 12.8. The number of anilines is 1. The van der Waals surface area contributed by atoms with E-state index in [0.29, 0.717) is 44.6 Å². The Bertz CT molecular complexity index is 1230. The molecule has 172 valence electrons. The fraction of sp³-hybridized carbons (Fsp3) is 0.261. The molecule has 0 amide bonds. The second kappa shape index (κ2) is 9.76. The zero-order valence-electron chi connectivity index (χ0n) is 18.6. The van der Waals surface area contributed by atoms with Crippen LogP contribution in [0.25, 0.3) is 0 Å². The predicted molar refractivity (Wildman–Crippen MR) is 127 cm³/mol. The molecule has 0 fully saturated rings. The summed E-state index contributed by atoms with van der Waals surface area (Å²) in [7, 11) is 4.51. The van der Waals surface area contributed by atoms with E-state index < -0.39 is 12.0 Å². The van der Waals surface area contributed by atoms with Crippen molar-refractivity contribution in [1.82, 2.24) is 14.8 Å². The van der Waals surface area contributed by atoms with Gasteiger partial charge >= 0.3 is 5.97 Å². The minimum Gasteiger partial charge on any atom is -0.497 e. The normalized spacial score (nSPS) is 15.0. The highest BCUT2D eigenvalue weighted by atomic mass is 35.5. The molecule has 0 saturated carbocycles. The van der Waals surface area contributed by atoms with Crippen LogP contribution in [0.15, 0.2) is 58.9 Å². The van der Waals surface area contributed by atoms with Crippen LogP contribution >= 0.6 is 23.4 Å². The van der Waals surface area contributed by atoms with Crippen molar-refractivity contribution in [3.63, 3.8) is 0 Å². The number of nitrogens with zero attached hydrogens (tertiary/aromatic N) is 3. The third-order valence-corrected chi connectivity index (χ3v) is 6.54. The molecule has 1 atom stereocenters. The minimum absolute atomic E-state index is 0.418. The first-order valence-corrected chi connectivity index (χ1v) is 11.4. The van der Waals surface area contributed by atoms with Crippen molar-refractivity contribution >= 4 is 35.3 Å². The number of fused-ring (bicyclic) bond motifs is 1. The van der Waals surface area contributed by atoms with Crippen LogP contribution in [-0.2, 0) is 15.3 Å². The topological polar surface area (TPSA) is 87.5 Å². The Morgan fingerprint density at radius 3 is 2.67 bits per heavy atom. The summed E-state index contributed by atoms with van der Waals surface area (Å²) in [5, 5.41) is 9.13. The lowest BCUT2D eigenvalue weighted by Crippen LogP contribution is -2.29. The fourth-order valence-corrected chi connectivity index (χ4v) is 4.77. The van der Waals surface area contributed by atoms with E-state index in [0.717, 1.165) is 11.1 Å². The first-order chi connectivity index (χ1) is 16.0. The van der Waals surface area contributed by atoms with E-state index in [1.807, 2.05) is 43.3 Å². The van der Waals surface area contributed by atoms with E-state index in [2.05, 4.69) is 10.3 Å². The summed E-state index contributed by atoms with van der Waals surface area (Å²) in [6, 6.07) is 12.5. The van der Waals surface area contributed by atoms with Gasteiger partial charge in [0.05, 0.1) is 26.9 Å². The van der Waals surface area contributed by atoms with Gasteiger partial charge in [0.1, 0.15) is 17.5 Å². The third kappa shape index (κ3) is 4.51. The van der Waals surface area contributed by atoms with Crippen LogP contribution in [0.2, 0.25) is 5.02 Å². The lowest BCUT2D eigenvalue weighted by Gasteiger charge is -2.28. The first-order valence-electron chi connectivity index (χ1n) is 10.1. The molecule has 1 N–H and O–H groups in total. The average Bonchev–Trinajstić information content (AvgIpc) is 3.24. The molecule has 2 heterocycles. The summed E-state index contributed by atoms with van der Waals surface area (Å²) in [4.78, 5) is 17.4. The molecule has 4 rings (SSSR count). The lowest BCUT2D eigenvalue weighted by atomic mass is 9.95. The molecule has 2 aromatic carbocycles. The van der Waals surface area contributed by atoms with Crippen molar-refractivity contribution in [2.45, 2.75) is 23.9 Å². The number of rotatable bonds is 7. The summed E-state index contributed by atoms with van der Waals surface area (Å²) in [6.07, 6.45) is 0. The lowest BCUT2D eigenvalue weighted by molar-refractivity contribution is -0.136. The number of thioether (sulfide) groups is 1. The number of methoxy groups -OCH3 is 3. The molecule has 0 aliphatic carbocycles. The average molecular weight is 487 g/mol. The quantitative estimate of drug-likeness (QED) is 0.379. The number of aromatic nitrogens is 3. The van der Waals surface area contributed by atoms with Gasteiger partial charge in [-0.05, 0) is 30.7 Å². The number of benzene rings is 2. The number of nitrogens with one attached hydrogen (secondary N) is 1. The molecule has 10 heteroatoms. The molecule has 8 nitrogen and oxygen atoms in total. The Labute approximate surface area is 200 Å². The van der Waals surface area contributed by atoms with Crippen LogP contribution in [0, 0.1) is 0 Å². The van der Waals surface area contributed by atoms with Gasteiger partial charge in [-0.25, -0.2) is 9.48 Å². The van der Waals surface area contributed by atoms with Gasteiger partial charge in [0, 0.05) is 28.1 Å². The van der Waals surface area contributed by atoms with Crippen LogP contribution in [0.5, 0.6) is 11.5 Å². The van der Waals surface area contributed by atoms with Crippen molar-refractivity contribution in [1.29, 1.82) is 0 Å². The van der Waals surface area contributed by atoms with Crippen LogP contribution in [0.3, 0.4) is 0 Å². The highest BCUT2D eigenvalue weighted by molar-refractivity contribution is 7.98. The smallest absolute Gasteiger partial charge is 0.338 e. The maximum absolute atomic E-state index is 12.8. The van der Waals surface area contributed by atoms with Gasteiger partial charge in [-0.2, -0.15) is 4.98 Å². The van der Waals surface area contributed by atoms with E-state index in [1.165, 1.54) is 18.9 Å². The van der Waals surface area contributed by atoms with E-state index >= 15 is 0 Å². The van der Waals surface area contributed by atoms with Crippen LogP contribution < -0.4 is 14.8 Å². The van der Waals surface area contributed by atoms with E-state index in [1.54, 1.807) is 25.0 Å². The number of hydrogen-bond acceptors (Lipinski definition) is 8. The molecular formula is C23H23ClN4O4S. The van der Waals surface area contributed by atoms with E-state index in [4.69, 9.17) is 30.9 Å². The molecule has 33 heavy (non-hydrogen) atoms. The van der Waals surface area contributed by atoms with Gasteiger partial charge in [-0.3, -0.25) is 0 Å². The van der Waals surface area contributed by atoms with Gasteiger partial charge < -0.3 is 19.5 Å². The number of halogens is 1. The minimum atomic E-state index is -0.600. The predicted octanol–water partition coefficient (Wildman–Crippen LogP) is 4.70. The van der Waals surface area contributed by atoms with Crippen molar-refractivity contribution < 1.29 is 19.0 Å². The van der Waals surface area contributed by atoms with Gasteiger partial charge in [0.2, 0.25) is 11.1 Å². The third-order valence-electron chi connectivity index (χ3n) is 5.29. The molecule has 0 spiro atoms. The van der Waals surface area contributed by atoms with Gasteiger partial charge in [-0.1, -0.05) is 41.6 Å². The summed E-state index contributed by atoms with van der Waals surface area (Å²) in [6.45, 7) is 1.81. The monoisotopic (exact) mass is 486 g/mol. The standard InChI is InChI=1S/C23H23ClN4O4S/c1-13-19(21(29)32-4)20(16-10-9-15(30-2)11-18(16)31-3)28-22(25-13)26-23(27-28)33-12-14-7-5-6-8-17(14)24/h5-11,20H,12H2,1-4H3,(H,25,26,27). The summed E-state index contributed by atoms with van der Waals surface area (Å²) in [5.41, 5.74) is 2.77. The zero-order valence-corrected chi connectivity index (χ0v) is 20.2. The first kappa shape index (κ1) is 23.0. The Kier molecular flexibility index (Phi) is 6.80. The van der Waals surface area contributed by atoms with Gasteiger partial charge in [0.25, 0.3) is 0 Å². The maximum Gasteiger partial charge on any atom is 0.338 e. The van der Waals surface area contributed by atoms with Crippen molar-refractivity contribution in [3.8, 4) is 11.5 Å². The van der Waals surface area contributed by atoms with Gasteiger partial charge in [-0.15, -0.1) is 5.10 Å². The van der Waals surface area contributed by atoms with Crippen molar-refractivity contribution in [3.05, 3.63) is 69.9 Å². The molecule has 0 saturated heterocycles. The molecule has 3 aromatic rings. The fourth-order valence-electron chi connectivity index (χ4n) is 3.66. The summed E-state index contributed by atoms with van der Waals surface area (Å²) < 4.78 is 17.7. The Hall–Kier alpha value is -3.17. The number of carbonyl (C=O) groups is 1. The number of allylic oxidation sites excluding steroid dienone is 1. The Balaban J connectivity index is 1.76. The SMILES string of the molecule is COC(=O)C1=C(C)Nc2nc(SCc3ccccc3Cl)nn2C1c1ccc(OC)cc1OC. The van der Waals surface area contributed by atoms with Crippen LogP contribution in [0.4, 0.5) is 5.95 Å². The highest BCUT2D eigenvalue weighted by Crippen LogP contribution is 2.41. The number of carbonyl (C=O) groups excluding carboxylic acids is 1. The second-order valence-electron chi connectivity index (χ2n) is 7.21. The van der Waals surface area contributed by atoms with E-state index in [9.17, 15) is 4.79 Å². The van der Waals surface area contributed by atoms with Crippen LogP contribution in [-0.4, -0.2) is 42.1 Å². The molecule has 1 unspecified atom stereocenters. The van der Waals surface area contributed by atoms with Crippen molar-refractivity contribution in [2.75, 3.05) is 26.6 Å². The number of ether oxygens (including phenoxy) is 3. The van der Waals surface area contributed by atoms with Crippen molar-refractivity contribution in [2.24, 2.45) is 0 Å². The number of esters is 1.